The third-order valence-electron chi connectivity index (χ3n) is 2.93. The minimum atomic E-state index is -0.323. The summed E-state index contributed by atoms with van der Waals surface area (Å²) < 4.78 is 5.68. The molecule has 2 N–H and O–H groups in total. The lowest BCUT2D eigenvalue weighted by Crippen LogP contribution is -2.35. The number of primary amides is 1. The summed E-state index contributed by atoms with van der Waals surface area (Å²) in [5, 5.41) is 0. The van der Waals surface area contributed by atoms with Gasteiger partial charge in [0.15, 0.2) is 0 Å². The van der Waals surface area contributed by atoms with Crippen LogP contribution in [0.3, 0.4) is 0 Å². The molecule has 1 fully saturated rings. The van der Waals surface area contributed by atoms with E-state index in [-0.39, 0.29) is 12.0 Å². The average molecular weight is 250 g/mol. The zero-order valence-electron chi connectivity index (χ0n) is 10.5. The van der Waals surface area contributed by atoms with Gasteiger partial charge in [0.05, 0.1) is 24.2 Å². The molecule has 0 unspecified atom stereocenters. The van der Waals surface area contributed by atoms with Crippen molar-refractivity contribution in [3.05, 3.63) is 23.8 Å². The number of carbonyl (C=O) groups excluding carboxylic acids is 1. The van der Waals surface area contributed by atoms with Crippen molar-refractivity contribution in [1.82, 2.24) is 14.9 Å². The number of aromatic nitrogens is 2. The van der Waals surface area contributed by atoms with Gasteiger partial charge in [-0.2, -0.15) is 0 Å². The molecule has 18 heavy (non-hydrogen) atoms. The van der Waals surface area contributed by atoms with Gasteiger partial charge in [0.2, 0.25) is 5.91 Å². The fraction of sp³-hybridized carbons (Fsp3) is 0.583. The van der Waals surface area contributed by atoms with Gasteiger partial charge in [0, 0.05) is 25.7 Å². The Balaban J connectivity index is 2.04. The minimum absolute atomic E-state index is 0.0372. The van der Waals surface area contributed by atoms with Crippen molar-refractivity contribution in [2.45, 2.75) is 18.9 Å². The first kappa shape index (κ1) is 12.9. The van der Waals surface area contributed by atoms with Crippen molar-refractivity contribution in [1.29, 1.82) is 0 Å². The highest BCUT2D eigenvalue weighted by Gasteiger charge is 2.21. The summed E-state index contributed by atoms with van der Waals surface area (Å²) in [6.45, 7) is 2.45. The maximum atomic E-state index is 10.7. The van der Waals surface area contributed by atoms with E-state index >= 15 is 0 Å². The predicted molar refractivity (Wildman–Crippen MR) is 65.7 cm³/mol. The normalized spacial score (nSPS) is 20.8. The van der Waals surface area contributed by atoms with E-state index in [9.17, 15) is 4.79 Å². The Morgan fingerprint density at radius 3 is 3.17 bits per heavy atom. The molecule has 2 rings (SSSR count). The molecule has 0 saturated carbocycles. The first-order valence-electron chi connectivity index (χ1n) is 6.04. The molecule has 0 aliphatic carbocycles. The average Bonchev–Trinajstić information content (AvgIpc) is 2.37. The number of aryl methyl sites for hydroxylation is 1. The van der Waals surface area contributed by atoms with Gasteiger partial charge < -0.3 is 15.4 Å². The quantitative estimate of drug-likeness (QED) is 0.807. The topological polar surface area (TPSA) is 81.3 Å². The van der Waals surface area contributed by atoms with Crippen molar-refractivity contribution in [2.24, 2.45) is 5.73 Å². The number of ether oxygens (including phenoxy) is 1. The van der Waals surface area contributed by atoms with Crippen LogP contribution in [0.25, 0.3) is 0 Å². The second-order valence-electron chi connectivity index (χ2n) is 4.52. The van der Waals surface area contributed by atoms with Gasteiger partial charge in [0.1, 0.15) is 6.10 Å². The van der Waals surface area contributed by atoms with Gasteiger partial charge in [-0.25, -0.2) is 0 Å². The number of likely N-dealkylation sites (N-methyl/N-ethyl adjacent to an activating group) is 1. The van der Waals surface area contributed by atoms with E-state index in [1.165, 1.54) is 0 Å². The lowest BCUT2D eigenvalue weighted by molar-refractivity contribution is -0.118. The summed E-state index contributed by atoms with van der Waals surface area (Å²) in [6, 6.07) is 0. The van der Waals surface area contributed by atoms with Crippen molar-refractivity contribution in [2.75, 3.05) is 26.7 Å². The van der Waals surface area contributed by atoms with Crippen molar-refractivity contribution < 1.29 is 9.53 Å². The molecule has 1 aromatic heterocycles. The van der Waals surface area contributed by atoms with Crippen molar-refractivity contribution in [3.8, 4) is 0 Å². The fourth-order valence-corrected chi connectivity index (χ4v) is 1.91. The molecule has 2 heterocycles. The predicted octanol–water partition coefficient (Wildman–Crippen LogP) is -0.102. The van der Waals surface area contributed by atoms with E-state index in [1.54, 1.807) is 12.4 Å². The third-order valence-corrected chi connectivity index (χ3v) is 2.93. The summed E-state index contributed by atoms with van der Waals surface area (Å²) in [5.74, 6) is -0.323. The molecule has 6 nitrogen and oxygen atoms in total. The molecular formula is C12H18N4O2. The highest BCUT2D eigenvalue weighted by molar-refractivity contribution is 5.73. The summed E-state index contributed by atoms with van der Waals surface area (Å²) in [4.78, 5) is 21.6. The van der Waals surface area contributed by atoms with Crippen LogP contribution in [0.2, 0.25) is 0 Å². The van der Waals surface area contributed by atoms with Crippen LogP contribution in [0.15, 0.2) is 12.4 Å². The van der Waals surface area contributed by atoms with Crippen LogP contribution in [0.1, 0.15) is 23.9 Å². The molecule has 0 aromatic carbocycles. The molecule has 1 aliphatic heterocycles. The van der Waals surface area contributed by atoms with E-state index < -0.39 is 0 Å². The molecule has 1 atom stereocenters. The lowest BCUT2D eigenvalue weighted by Gasteiger charge is -2.29. The van der Waals surface area contributed by atoms with Gasteiger partial charge >= 0.3 is 0 Å². The molecule has 98 valence electrons. The Kier molecular flexibility index (Phi) is 4.22. The SMILES string of the molecule is CN1CCO[C@@H](c2cncc(CCC(N)=O)n2)C1. The Hall–Kier alpha value is -1.53. The Labute approximate surface area is 106 Å². The summed E-state index contributed by atoms with van der Waals surface area (Å²) in [7, 11) is 2.06. The van der Waals surface area contributed by atoms with Crippen LogP contribution in [0.4, 0.5) is 0 Å². The van der Waals surface area contributed by atoms with Crippen LogP contribution < -0.4 is 5.73 Å². The number of nitrogens with zero attached hydrogens (tertiary/aromatic N) is 3. The first-order chi connectivity index (χ1) is 8.65. The second-order valence-corrected chi connectivity index (χ2v) is 4.52. The summed E-state index contributed by atoms with van der Waals surface area (Å²) >= 11 is 0. The molecule has 0 spiro atoms. The number of rotatable bonds is 4. The zero-order valence-corrected chi connectivity index (χ0v) is 10.5. The van der Waals surface area contributed by atoms with E-state index in [0.717, 1.165) is 24.5 Å². The minimum Gasteiger partial charge on any atom is -0.370 e. The number of amides is 1. The molecule has 0 bridgehead atoms. The van der Waals surface area contributed by atoms with Crippen LogP contribution in [-0.2, 0) is 16.0 Å². The van der Waals surface area contributed by atoms with Gasteiger partial charge in [-0.3, -0.25) is 14.8 Å². The van der Waals surface area contributed by atoms with Gasteiger partial charge in [-0.15, -0.1) is 0 Å². The van der Waals surface area contributed by atoms with Crippen molar-refractivity contribution >= 4 is 5.91 Å². The first-order valence-corrected chi connectivity index (χ1v) is 6.04. The monoisotopic (exact) mass is 250 g/mol. The number of hydrogen-bond donors (Lipinski definition) is 1. The highest BCUT2D eigenvalue weighted by Crippen LogP contribution is 2.19. The third kappa shape index (κ3) is 3.48. The van der Waals surface area contributed by atoms with E-state index in [1.807, 2.05) is 0 Å². The molecule has 1 saturated heterocycles. The van der Waals surface area contributed by atoms with Crippen LogP contribution in [0, 0.1) is 0 Å². The smallest absolute Gasteiger partial charge is 0.217 e. The number of hydrogen-bond acceptors (Lipinski definition) is 5. The second kappa shape index (κ2) is 5.88. The van der Waals surface area contributed by atoms with Crippen molar-refractivity contribution in [3.63, 3.8) is 0 Å². The summed E-state index contributed by atoms with van der Waals surface area (Å²) in [6.07, 6.45) is 4.17. The Morgan fingerprint density at radius 2 is 2.44 bits per heavy atom. The zero-order chi connectivity index (χ0) is 13.0. The maximum absolute atomic E-state index is 10.7. The van der Waals surface area contributed by atoms with Gasteiger partial charge in [0.25, 0.3) is 0 Å². The van der Waals surface area contributed by atoms with Crippen LogP contribution in [-0.4, -0.2) is 47.5 Å². The van der Waals surface area contributed by atoms with E-state index in [2.05, 4.69) is 21.9 Å². The number of nitrogens with two attached hydrogens (primary N) is 1. The highest BCUT2D eigenvalue weighted by atomic mass is 16.5. The molecule has 0 radical (unpaired) electrons. The molecular weight excluding hydrogens is 232 g/mol. The van der Waals surface area contributed by atoms with Crippen LogP contribution >= 0.6 is 0 Å². The molecule has 1 aromatic rings. The molecule has 1 amide bonds. The van der Waals surface area contributed by atoms with Crippen LogP contribution in [0.5, 0.6) is 0 Å². The standard InChI is InChI=1S/C12H18N4O2/c1-16-4-5-18-11(8-16)10-7-14-6-9(15-10)2-3-12(13)17/h6-7,11H,2-5,8H2,1H3,(H2,13,17)/t11-/m1/s1. The maximum Gasteiger partial charge on any atom is 0.217 e. The van der Waals surface area contributed by atoms with Gasteiger partial charge in [-0.05, 0) is 13.5 Å². The number of carbonyl (C=O) groups is 1. The molecule has 6 heteroatoms. The fourth-order valence-electron chi connectivity index (χ4n) is 1.91. The lowest BCUT2D eigenvalue weighted by atomic mass is 10.2. The van der Waals surface area contributed by atoms with E-state index in [0.29, 0.717) is 19.4 Å². The van der Waals surface area contributed by atoms with Gasteiger partial charge in [-0.1, -0.05) is 0 Å². The molecule has 1 aliphatic rings. The Morgan fingerprint density at radius 1 is 1.61 bits per heavy atom. The largest absolute Gasteiger partial charge is 0.370 e. The van der Waals surface area contributed by atoms with E-state index in [4.69, 9.17) is 10.5 Å². The summed E-state index contributed by atoms with van der Waals surface area (Å²) in [5.41, 5.74) is 6.72. The Bertz CT molecular complexity index is 424. The number of morpholine rings is 1.